The van der Waals surface area contributed by atoms with Gasteiger partial charge in [0, 0.05) is 10.6 Å². The molecule has 8 nitrogen and oxygen atoms in total. The predicted molar refractivity (Wildman–Crippen MR) is 122 cm³/mol. The minimum Gasteiger partial charge on any atom is -0.488 e. The molecule has 1 heterocycles. The first kappa shape index (κ1) is 23.1. The first-order valence-electron chi connectivity index (χ1n) is 10.4. The van der Waals surface area contributed by atoms with Crippen LogP contribution in [0.25, 0.3) is 0 Å². The molecule has 1 aliphatic rings. The van der Waals surface area contributed by atoms with Crippen LogP contribution in [0.5, 0.6) is 17.2 Å². The van der Waals surface area contributed by atoms with E-state index in [-0.39, 0.29) is 24.5 Å². The number of esters is 1. The van der Waals surface area contributed by atoms with E-state index in [4.69, 9.17) is 30.5 Å². The molecule has 1 N–H and O–H groups in total. The summed E-state index contributed by atoms with van der Waals surface area (Å²) in [5, 5.41) is 2.69. The van der Waals surface area contributed by atoms with E-state index in [9.17, 15) is 14.4 Å². The summed E-state index contributed by atoms with van der Waals surface area (Å²) in [6, 6.07) is 20.5. The fraction of sp³-hybridized carbons (Fsp3) is 0.160. The van der Waals surface area contributed by atoms with Crippen LogP contribution in [0.3, 0.4) is 0 Å². The normalized spacial score (nSPS) is 14.1. The minimum absolute atomic E-state index is 0.0495. The first-order chi connectivity index (χ1) is 16.5. The monoisotopic (exact) mass is 481 g/mol. The van der Waals surface area contributed by atoms with E-state index in [0.717, 1.165) is 5.56 Å². The van der Waals surface area contributed by atoms with Crippen molar-refractivity contribution in [3.05, 3.63) is 88.9 Å². The van der Waals surface area contributed by atoms with E-state index in [1.807, 2.05) is 12.1 Å². The summed E-state index contributed by atoms with van der Waals surface area (Å²) in [4.78, 5) is 37.0. The number of fused-ring (bicyclic) bond motifs is 1. The highest BCUT2D eigenvalue weighted by molar-refractivity contribution is 6.31. The quantitative estimate of drug-likeness (QED) is 0.515. The lowest BCUT2D eigenvalue weighted by molar-refractivity contribution is -0.137. The van der Waals surface area contributed by atoms with Gasteiger partial charge in [0.25, 0.3) is 11.8 Å². The largest absolute Gasteiger partial charge is 0.488 e. The Kier molecular flexibility index (Phi) is 7.29. The second-order valence-electron chi connectivity index (χ2n) is 7.23. The molecule has 0 spiro atoms. The Balaban J connectivity index is 1.29. The number of halogens is 1. The van der Waals surface area contributed by atoms with E-state index < -0.39 is 30.5 Å². The average molecular weight is 482 g/mol. The Hall–Kier alpha value is -4.04. The Labute approximate surface area is 200 Å². The van der Waals surface area contributed by atoms with Gasteiger partial charge >= 0.3 is 5.97 Å². The zero-order chi connectivity index (χ0) is 23.9. The van der Waals surface area contributed by atoms with Crippen molar-refractivity contribution >= 4 is 29.4 Å². The third kappa shape index (κ3) is 5.65. The third-order valence-corrected chi connectivity index (χ3v) is 5.21. The lowest BCUT2D eigenvalue weighted by atomic mass is 10.2. The van der Waals surface area contributed by atoms with Gasteiger partial charge in [-0.05, 0) is 30.3 Å². The summed E-state index contributed by atoms with van der Waals surface area (Å²) in [6.07, 6.45) is -1.01. The molecule has 174 valence electrons. The van der Waals surface area contributed by atoms with Crippen LogP contribution in [-0.4, -0.2) is 37.1 Å². The maximum atomic E-state index is 12.5. The molecule has 3 aromatic carbocycles. The number of hydrogen-bond acceptors (Lipinski definition) is 7. The van der Waals surface area contributed by atoms with E-state index in [1.165, 1.54) is 6.07 Å². The maximum absolute atomic E-state index is 12.5. The standard InChI is InChI=1S/C25H20ClNO7/c26-18-9-3-1-7-16(18)13-31-19-10-4-2-8-17(19)25(30)33-15-23(28)27-24(29)22-14-32-20-11-5-6-12-21(20)34-22/h1-12,22H,13-15H2,(H,27,28,29). The number of para-hydroxylation sites is 3. The number of hydrogen-bond donors (Lipinski definition) is 1. The molecule has 2 amide bonds. The molecule has 1 unspecified atom stereocenters. The fourth-order valence-corrected chi connectivity index (χ4v) is 3.33. The molecule has 3 aromatic rings. The number of benzene rings is 3. The third-order valence-electron chi connectivity index (χ3n) is 4.85. The predicted octanol–water partition coefficient (Wildman–Crippen LogP) is 3.56. The van der Waals surface area contributed by atoms with Crippen LogP contribution in [0, 0.1) is 0 Å². The number of rotatable bonds is 7. The Morgan fingerprint density at radius 1 is 0.941 bits per heavy atom. The highest BCUT2D eigenvalue weighted by atomic mass is 35.5. The zero-order valence-electron chi connectivity index (χ0n) is 17.9. The van der Waals surface area contributed by atoms with Crippen molar-refractivity contribution < 1.29 is 33.3 Å². The van der Waals surface area contributed by atoms with Gasteiger partial charge in [0.15, 0.2) is 18.1 Å². The van der Waals surface area contributed by atoms with Gasteiger partial charge in [-0.1, -0.05) is 54.1 Å². The van der Waals surface area contributed by atoms with Gasteiger partial charge in [-0.2, -0.15) is 0 Å². The van der Waals surface area contributed by atoms with Crippen LogP contribution in [0.1, 0.15) is 15.9 Å². The molecule has 34 heavy (non-hydrogen) atoms. The molecule has 9 heteroatoms. The van der Waals surface area contributed by atoms with Crippen LogP contribution in [0.15, 0.2) is 72.8 Å². The topological polar surface area (TPSA) is 100 Å². The summed E-state index contributed by atoms with van der Waals surface area (Å²) in [6.45, 7) is -0.564. The van der Waals surface area contributed by atoms with Crippen molar-refractivity contribution in [3.8, 4) is 17.2 Å². The van der Waals surface area contributed by atoms with E-state index in [0.29, 0.717) is 16.5 Å². The summed E-state index contributed by atoms with van der Waals surface area (Å²) >= 11 is 6.14. The van der Waals surface area contributed by atoms with Gasteiger partial charge in [0.05, 0.1) is 0 Å². The summed E-state index contributed by atoms with van der Waals surface area (Å²) in [5.74, 6) is -1.07. The van der Waals surface area contributed by atoms with Crippen molar-refractivity contribution in [1.29, 1.82) is 0 Å². The van der Waals surface area contributed by atoms with Crippen LogP contribution in [0.4, 0.5) is 0 Å². The van der Waals surface area contributed by atoms with Crippen molar-refractivity contribution in [2.24, 2.45) is 0 Å². The molecular weight excluding hydrogens is 462 g/mol. The van der Waals surface area contributed by atoms with Gasteiger partial charge in [-0.15, -0.1) is 0 Å². The van der Waals surface area contributed by atoms with E-state index in [2.05, 4.69) is 5.32 Å². The number of imide groups is 1. The average Bonchev–Trinajstić information content (AvgIpc) is 2.86. The maximum Gasteiger partial charge on any atom is 0.342 e. The molecule has 0 bridgehead atoms. The van der Waals surface area contributed by atoms with Crippen LogP contribution < -0.4 is 19.5 Å². The molecule has 0 aromatic heterocycles. The molecule has 0 aliphatic carbocycles. The SMILES string of the molecule is O=C(COC(=O)c1ccccc1OCc1ccccc1Cl)NC(=O)C1COc2ccccc2O1. The van der Waals surface area contributed by atoms with Gasteiger partial charge in [0.2, 0.25) is 6.10 Å². The molecule has 0 fully saturated rings. The second kappa shape index (κ2) is 10.7. The second-order valence-corrected chi connectivity index (χ2v) is 7.64. The highest BCUT2D eigenvalue weighted by Gasteiger charge is 2.28. The number of ether oxygens (including phenoxy) is 4. The number of amides is 2. The lowest BCUT2D eigenvalue weighted by Gasteiger charge is -2.25. The number of carbonyl (C=O) groups excluding carboxylic acids is 3. The van der Waals surface area contributed by atoms with Crippen molar-refractivity contribution in [2.75, 3.05) is 13.2 Å². The summed E-state index contributed by atoms with van der Waals surface area (Å²) in [5.41, 5.74) is 0.885. The molecule has 0 radical (unpaired) electrons. The van der Waals surface area contributed by atoms with Gasteiger partial charge < -0.3 is 18.9 Å². The number of carbonyl (C=O) groups is 3. The minimum atomic E-state index is -1.01. The molecule has 4 rings (SSSR count). The Morgan fingerprint density at radius 2 is 1.65 bits per heavy atom. The van der Waals surface area contributed by atoms with Gasteiger partial charge in [-0.25, -0.2) is 4.79 Å². The van der Waals surface area contributed by atoms with Crippen LogP contribution in [0.2, 0.25) is 5.02 Å². The van der Waals surface area contributed by atoms with Crippen molar-refractivity contribution in [3.63, 3.8) is 0 Å². The molecule has 1 atom stereocenters. The molecule has 0 saturated carbocycles. The molecular formula is C25H20ClNO7. The van der Waals surface area contributed by atoms with Crippen molar-refractivity contribution in [2.45, 2.75) is 12.7 Å². The highest BCUT2D eigenvalue weighted by Crippen LogP contribution is 2.30. The van der Waals surface area contributed by atoms with E-state index >= 15 is 0 Å². The smallest absolute Gasteiger partial charge is 0.342 e. The molecule has 0 saturated heterocycles. The molecule has 1 aliphatic heterocycles. The van der Waals surface area contributed by atoms with Gasteiger partial charge in [0.1, 0.15) is 24.5 Å². The summed E-state index contributed by atoms with van der Waals surface area (Å²) < 4.78 is 21.8. The number of nitrogens with one attached hydrogen (secondary N) is 1. The van der Waals surface area contributed by atoms with Crippen LogP contribution >= 0.6 is 11.6 Å². The van der Waals surface area contributed by atoms with Crippen LogP contribution in [-0.2, 0) is 20.9 Å². The van der Waals surface area contributed by atoms with E-state index in [1.54, 1.807) is 54.6 Å². The Morgan fingerprint density at radius 3 is 2.47 bits per heavy atom. The van der Waals surface area contributed by atoms with Gasteiger partial charge in [-0.3, -0.25) is 14.9 Å². The summed E-state index contributed by atoms with van der Waals surface area (Å²) in [7, 11) is 0. The lowest BCUT2D eigenvalue weighted by Crippen LogP contribution is -2.47. The van der Waals surface area contributed by atoms with Crippen molar-refractivity contribution in [1.82, 2.24) is 5.32 Å². The first-order valence-corrected chi connectivity index (χ1v) is 10.7. The Bertz CT molecular complexity index is 1210. The fourth-order valence-electron chi connectivity index (χ4n) is 3.14. The zero-order valence-corrected chi connectivity index (χ0v) is 18.6.